The van der Waals surface area contributed by atoms with E-state index in [0.29, 0.717) is 58.2 Å². The third-order valence-corrected chi connectivity index (χ3v) is 10.1. The number of carboxylic acids is 1. The van der Waals surface area contributed by atoms with Crippen molar-refractivity contribution in [1.29, 1.82) is 0 Å². The molecule has 362 valence electrons. The number of aliphatic carboxylic acids is 1. The molecule has 0 aromatic heterocycles. The Morgan fingerprint density at radius 3 is 1.14 bits per heavy atom. The van der Waals surface area contributed by atoms with Crippen molar-refractivity contribution in [3.8, 4) is 0 Å². The first kappa shape index (κ1) is 58.1. The predicted molar refractivity (Wildman–Crippen MR) is 237 cm³/mol. The second-order valence-electron chi connectivity index (χ2n) is 16.9. The van der Waals surface area contributed by atoms with Crippen molar-refractivity contribution in [2.75, 3.05) is 26.2 Å². The van der Waals surface area contributed by atoms with E-state index in [9.17, 15) is 48.3 Å². The summed E-state index contributed by atoms with van der Waals surface area (Å²) in [5.41, 5.74) is 22.6. The van der Waals surface area contributed by atoms with E-state index in [1.54, 1.807) is 41.5 Å². The van der Waals surface area contributed by atoms with Crippen molar-refractivity contribution in [3.63, 3.8) is 0 Å². The fourth-order valence-electron chi connectivity index (χ4n) is 6.13. The Labute approximate surface area is 371 Å². The van der Waals surface area contributed by atoms with Gasteiger partial charge >= 0.3 is 5.97 Å². The van der Waals surface area contributed by atoms with Crippen LogP contribution in [0.3, 0.4) is 0 Å². The van der Waals surface area contributed by atoms with Gasteiger partial charge in [-0.2, -0.15) is 0 Å². The Bertz CT molecular complexity index is 1500. The van der Waals surface area contributed by atoms with E-state index >= 15 is 0 Å². The summed E-state index contributed by atoms with van der Waals surface area (Å²) in [5, 5.41) is 30.3. The summed E-state index contributed by atoms with van der Waals surface area (Å²) < 4.78 is 0. The maximum atomic E-state index is 13.8. The van der Waals surface area contributed by atoms with Gasteiger partial charge in [0.25, 0.3) is 0 Å². The maximum Gasteiger partial charge on any atom is 0.326 e. The van der Waals surface area contributed by atoms with E-state index in [1.807, 2.05) is 0 Å². The molecule has 8 atom stereocenters. The number of unbranched alkanes of at least 4 members (excludes halogenated alkanes) is 3. The molecule has 0 unspecified atom stereocenters. The van der Waals surface area contributed by atoms with E-state index in [0.717, 1.165) is 0 Å². The van der Waals surface area contributed by atoms with Gasteiger partial charge in [-0.15, -0.1) is 0 Å². The zero-order valence-electron chi connectivity index (χ0n) is 38.5. The summed E-state index contributed by atoms with van der Waals surface area (Å²) in [5.74, 6) is -7.91. The van der Waals surface area contributed by atoms with Crippen molar-refractivity contribution < 1.29 is 48.3 Å². The Kier molecular flexibility index (Phi) is 28.6. The summed E-state index contributed by atoms with van der Waals surface area (Å²) in [6, 6.07) is -8.82. The van der Waals surface area contributed by atoms with Crippen LogP contribution in [-0.4, -0.2) is 133 Å². The molecule has 0 saturated heterocycles. The summed E-state index contributed by atoms with van der Waals surface area (Å²) in [6.45, 7) is 13.3. The van der Waals surface area contributed by atoms with E-state index in [1.165, 1.54) is 13.8 Å². The van der Waals surface area contributed by atoms with Gasteiger partial charge in [0.2, 0.25) is 47.3 Å². The second kappa shape index (κ2) is 31.0. The smallest absolute Gasteiger partial charge is 0.326 e. The molecule has 0 aliphatic heterocycles. The summed E-state index contributed by atoms with van der Waals surface area (Å²) in [4.78, 5) is 117. The SMILES string of the molecule is CC(C)[C@H](NC(=O)[C@H](CCCCN)NC(=O)[C@H](CCCCN)NC(=O)[C@H](CCCCN)NC(=O)[C@H](C)NC(=O)CNC(=O)[C@@H](NC(=O)[C@@H](NC(=O)[C@H](C)N)C(C)C)C(C)C)C(=O)O. The highest BCUT2D eigenvalue weighted by Gasteiger charge is 2.34. The van der Waals surface area contributed by atoms with E-state index < -0.39 is 120 Å². The van der Waals surface area contributed by atoms with Gasteiger partial charge in [-0.25, -0.2) is 4.79 Å². The first-order valence-corrected chi connectivity index (χ1v) is 22.0. The van der Waals surface area contributed by atoms with Crippen LogP contribution in [0.15, 0.2) is 0 Å². The maximum absolute atomic E-state index is 13.8. The van der Waals surface area contributed by atoms with Crippen molar-refractivity contribution in [2.24, 2.45) is 40.7 Å². The largest absolute Gasteiger partial charge is 0.480 e. The number of carbonyl (C=O) groups excluding carboxylic acids is 8. The Hall–Kier alpha value is -4.93. The number of nitrogens with one attached hydrogen (secondary N) is 8. The summed E-state index contributed by atoms with van der Waals surface area (Å²) >= 11 is 0. The van der Waals surface area contributed by atoms with Crippen LogP contribution in [0.5, 0.6) is 0 Å². The van der Waals surface area contributed by atoms with Crippen molar-refractivity contribution in [1.82, 2.24) is 42.5 Å². The van der Waals surface area contributed by atoms with Crippen molar-refractivity contribution in [2.45, 2.75) is 162 Å². The highest BCUT2D eigenvalue weighted by molar-refractivity contribution is 5.97. The fraction of sp³-hybridized carbons (Fsp3) is 0.780. The third-order valence-electron chi connectivity index (χ3n) is 10.1. The minimum atomic E-state index is -1.23. The van der Waals surface area contributed by atoms with Crippen molar-refractivity contribution in [3.05, 3.63) is 0 Å². The number of amides is 8. The molecular formula is C41H78N12O10. The molecular weight excluding hydrogens is 821 g/mol. The summed E-state index contributed by atoms with van der Waals surface area (Å²) in [6.07, 6.45) is 3.25. The van der Waals surface area contributed by atoms with Crippen LogP contribution >= 0.6 is 0 Å². The minimum absolute atomic E-state index is 0.118. The van der Waals surface area contributed by atoms with E-state index in [-0.39, 0.29) is 25.2 Å². The molecule has 22 heteroatoms. The first-order valence-electron chi connectivity index (χ1n) is 22.0. The minimum Gasteiger partial charge on any atom is -0.480 e. The predicted octanol–water partition coefficient (Wildman–Crippen LogP) is -2.70. The average molecular weight is 899 g/mol. The molecule has 0 saturated carbocycles. The fourth-order valence-corrected chi connectivity index (χ4v) is 6.13. The van der Waals surface area contributed by atoms with Gasteiger partial charge in [0.1, 0.15) is 42.3 Å². The topological polar surface area (TPSA) is 374 Å². The van der Waals surface area contributed by atoms with Gasteiger partial charge in [-0.3, -0.25) is 38.4 Å². The zero-order chi connectivity index (χ0) is 48.4. The van der Waals surface area contributed by atoms with Gasteiger partial charge < -0.3 is 70.6 Å². The number of hydrogen-bond acceptors (Lipinski definition) is 13. The third kappa shape index (κ3) is 22.8. The number of nitrogens with two attached hydrogens (primary N) is 4. The highest BCUT2D eigenvalue weighted by atomic mass is 16.4. The zero-order valence-corrected chi connectivity index (χ0v) is 38.5. The van der Waals surface area contributed by atoms with Crippen LogP contribution < -0.4 is 65.5 Å². The van der Waals surface area contributed by atoms with Gasteiger partial charge in [0, 0.05) is 0 Å². The monoisotopic (exact) mass is 899 g/mol. The molecule has 0 aromatic carbocycles. The molecule has 22 nitrogen and oxygen atoms in total. The van der Waals surface area contributed by atoms with Gasteiger partial charge in [0.05, 0.1) is 12.6 Å². The van der Waals surface area contributed by atoms with Crippen LogP contribution in [-0.2, 0) is 43.2 Å². The normalized spacial score (nSPS) is 15.1. The van der Waals surface area contributed by atoms with Crippen LogP contribution in [0, 0.1) is 17.8 Å². The molecule has 0 fully saturated rings. The lowest BCUT2D eigenvalue weighted by molar-refractivity contribution is -0.143. The van der Waals surface area contributed by atoms with E-state index in [2.05, 4.69) is 42.5 Å². The van der Waals surface area contributed by atoms with Crippen LogP contribution in [0.2, 0.25) is 0 Å². The molecule has 0 aliphatic rings. The number of carbonyl (C=O) groups is 9. The van der Waals surface area contributed by atoms with Gasteiger partial charge in [-0.1, -0.05) is 41.5 Å². The van der Waals surface area contributed by atoms with Crippen LogP contribution in [0.4, 0.5) is 0 Å². The first-order chi connectivity index (χ1) is 29.5. The van der Waals surface area contributed by atoms with Crippen molar-refractivity contribution >= 4 is 53.2 Å². The molecule has 17 N–H and O–H groups in total. The van der Waals surface area contributed by atoms with Gasteiger partial charge in [-0.05, 0) is 109 Å². The molecule has 0 bridgehead atoms. The molecule has 0 radical (unpaired) electrons. The van der Waals surface area contributed by atoms with Crippen LogP contribution in [0.1, 0.15) is 113 Å². The molecule has 0 aliphatic carbocycles. The average Bonchev–Trinajstić information content (AvgIpc) is 3.20. The Morgan fingerprint density at radius 1 is 0.429 bits per heavy atom. The molecule has 0 rings (SSSR count). The van der Waals surface area contributed by atoms with Crippen LogP contribution in [0.25, 0.3) is 0 Å². The van der Waals surface area contributed by atoms with E-state index in [4.69, 9.17) is 22.9 Å². The molecule has 63 heavy (non-hydrogen) atoms. The lowest BCUT2D eigenvalue weighted by Gasteiger charge is -2.27. The standard InChI is InChI=1S/C41H78N12O10/c1-22(2)31(52-40(61)32(23(3)4)51-34(55)25(7)45)39(60)46-21-30(54)47-26(8)35(56)48-27(15-9-12-18-42)36(57)49-28(16-10-13-19-43)37(58)50-29(17-11-14-20-44)38(59)53-33(24(5)6)41(62)63/h22-29,31-33H,9-21,42-45H2,1-8H3,(H,46,60)(H,47,54)(H,48,56)(H,49,57)(H,50,58)(H,51,55)(H,52,61)(H,53,59)(H,62,63)/t25-,26-,27-,28-,29-,31-,32-,33-/m0/s1. The molecule has 0 aromatic rings. The quantitative estimate of drug-likeness (QED) is 0.0306. The number of rotatable bonds is 32. The highest BCUT2D eigenvalue weighted by Crippen LogP contribution is 2.11. The number of hydrogen-bond donors (Lipinski definition) is 13. The molecule has 0 spiro atoms. The Morgan fingerprint density at radius 2 is 0.778 bits per heavy atom. The molecule has 0 heterocycles. The second-order valence-corrected chi connectivity index (χ2v) is 16.9. The Balaban J connectivity index is 5.96. The number of carboxylic acid groups (broad SMARTS) is 1. The van der Waals surface area contributed by atoms with Gasteiger partial charge in [0.15, 0.2) is 0 Å². The lowest BCUT2D eigenvalue weighted by Crippen LogP contribution is -2.59. The summed E-state index contributed by atoms with van der Waals surface area (Å²) in [7, 11) is 0. The lowest BCUT2D eigenvalue weighted by atomic mass is 9.99. The molecule has 8 amide bonds.